The molecule has 0 bridgehead atoms. The second-order valence-corrected chi connectivity index (χ2v) is 3.63. The van der Waals surface area contributed by atoms with E-state index >= 15 is 0 Å². The maximum Gasteiger partial charge on any atom is 0.127 e. The zero-order valence-electron chi connectivity index (χ0n) is 9.82. The molecule has 17 heavy (non-hydrogen) atoms. The minimum atomic E-state index is -0.376. The predicted octanol–water partition coefficient (Wildman–Crippen LogP) is 1.77. The van der Waals surface area contributed by atoms with Gasteiger partial charge in [0, 0.05) is 31.6 Å². The van der Waals surface area contributed by atoms with Crippen LogP contribution in [-0.2, 0) is 4.74 Å². The minimum absolute atomic E-state index is 0.374. The van der Waals surface area contributed by atoms with E-state index in [0.29, 0.717) is 37.5 Å². The summed E-state index contributed by atoms with van der Waals surface area (Å²) in [5, 5.41) is 8.59. The fraction of sp³-hybridized carbons (Fsp3) is 0.417. The second-order valence-electron chi connectivity index (χ2n) is 3.63. The number of halogens is 1. The normalized spacial score (nSPS) is 9.94. The molecule has 0 aromatic heterocycles. The molecule has 0 aliphatic rings. The van der Waals surface area contributed by atoms with Crippen molar-refractivity contribution in [3.8, 4) is 6.07 Å². The first-order valence-electron chi connectivity index (χ1n) is 5.34. The molecule has 0 amide bonds. The average molecular weight is 237 g/mol. The summed E-state index contributed by atoms with van der Waals surface area (Å²) in [5.41, 5.74) is 6.64. The quantitative estimate of drug-likeness (QED) is 0.766. The molecular weight excluding hydrogens is 221 g/mol. The van der Waals surface area contributed by atoms with E-state index in [2.05, 4.69) is 6.07 Å². The third-order valence-electron chi connectivity index (χ3n) is 2.33. The highest BCUT2D eigenvalue weighted by Crippen LogP contribution is 2.20. The molecule has 0 atom stereocenters. The van der Waals surface area contributed by atoms with E-state index in [9.17, 15) is 4.39 Å². The fourth-order valence-electron chi connectivity index (χ4n) is 1.54. The SMILES string of the molecule is COCCN(CCC#N)c1cc(N)cc(F)c1. The van der Waals surface area contributed by atoms with E-state index in [0.717, 1.165) is 0 Å². The highest BCUT2D eigenvalue weighted by molar-refractivity contribution is 5.56. The van der Waals surface area contributed by atoms with Gasteiger partial charge in [0.05, 0.1) is 19.1 Å². The maximum atomic E-state index is 13.2. The Hall–Kier alpha value is -1.80. The van der Waals surface area contributed by atoms with Gasteiger partial charge in [0.25, 0.3) is 0 Å². The van der Waals surface area contributed by atoms with E-state index in [1.165, 1.54) is 12.1 Å². The summed E-state index contributed by atoms with van der Waals surface area (Å²) >= 11 is 0. The van der Waals surface area contributed by atoms with Crippen LogP contribution in [0.15, 0.2) is 18.2 Å². The zero-order valence-corrected chi connectivity index (χ0v) is 9.82. The average Bonchev–Trinajstić information content (AvgIpc) is 2.28. The van der Waals surface area contributed by atoms with Gasteiger partial charge in [0.15, 0.2) is 0 Å². The van der Waals surface area contributed by atoms with Crippen LogP contribution in [0, 0.1) is 17.1 Å². The first-order chi connectivity index (χ1) is 8.17. The molecule has 0 saturated heterocycles. The lowest BCUT2D eigenvalue weighted by Gasteiger charge is -2.23. The lowest BCUT2D eigenvalue weighted by atomic mass is 10.2. The molecule has 0 radical (unpaired) electrons. The Kier molecular flexibility index (Phi) is 5.24. The lowest BCUT2D eigenvalue weighted by molar-refractivity contribution is 0.205. The van der Waals surface area contributed by atoms with Gasteiger partial charge in [0.2, 0.25) is 0 Å². The van der Waals surface area contributed by atoms with Crippen molar-refractivity contribution in [3.63, 3.8) is 0 Å². The van der Waals surface area contributed by atoms with E-state index in [4.69, 9.17) is 15.7 Å². The number of hydrogen-bond donors (Lipinski definition) is 1. The van der Waals surface area contributed by atoms with Gasteiger partial charge >= 0.3 is 0 Å². The Balaban J connectivity index is 2.83. The molecule has 0 unspecified atom stereocenters. The van der Waals surface area contributed by atoms with Crippen molar-refractivity contribution in [3.05, 3.63) is 24.0 Å². The van der Waals surface area contributed by atoms with Crippen LogP contribution < -0.4 is 10.6 Å². The molecule has 0 aliphatic heterocycles. The number of nitriles is 1. The molecular formula is C12H16FN3O. The van der Waals surface area contributed by atoms with Crippen LogP contribution in [0.3, 0.4) is 0 Å². The fourth-order valence-corrected chi connectivity index (χ4v) is 1.54. The summed E-state index contributed by atoms with van der Waals surface area (Å²) in [4.78, 5) is 1.88. The topological polar surface area (TPSA) is 62.3 Å². The number of ether oxygens (including phenoxy) is 1. The largest absolute Gasteiger partial charge is 0.399 e. The first-order valence-corrected chi connectivity index (χ1v) is 5.34. The first kappa shape index (κ1) is 13.3. The Morgan fingerprint density at radius 2 is 2.18 bits per heavy atom. The number of rotatable bonds is 6. The van der Waals surface area contributed by atoms with Crippen LogP contribution in [0.1, 0.15) is 6.42 Å². The summed E-state index contributed by atoms with van der Waals surface area (Å²) in [6.45, 7) is 1.64. The van der Waals surface area contributed by atoms with Gasteiger partial charge in [0.1, 0.15) is 5.82 Å². The number of benzene rings is 1. The smallest absolute Gasteiger partial charge is 0.127 e. The van der Waals surface area contributed by atoms with E-state index in [1.807, 2.05) is 4.90 Å². The molecule has 5 heteroatoms. The molecule has 2 N–H and O–H groups in total. The van der Waals surface area contributed by atoms with Gasteiger partial charge in [-0.1, -0.05) is 0 Å². The van der Waals surface area contributed by atoms with Crippen LogP contribution in [0.5, 0.6) is 0 Å². The van der Waals surface area contributed by atoms with E-state index in [1.54, 1.807) is 13.2 Å². The van der Waals surface area contributed by atoms with Crippen molar-refractivity contribution in [1.82, 2.24) is 0 Å². The van der Waals surface area contributed by atoms with Gasteiger partial charge < -0.3 is 15.4 Å². The molecule has 0 spiro atoms. The van der Waals surface area contributed by atoms with Gasteiger partial charge in [-0.15, -0.1) is 0 Å². The van der Waals surface area contributed by atoms with Crippen LogP contribution in [0.4, 0.5) is 15.8 Å². The van der Waals surface area contributed by atoms with Gasteiger partial charge in [-0.25, -0.2) is 4.39 Å². The summed E-state index contributed by atoms with van der Waals surface area (Å²) in [7, 11) is 1.60. The monoisotopic (exact) mass is 237 g/mol. The third-order valence-corrected chi connectivity index (χ3v) is 2.33. The molecule has 1 rings (SSSR count). The van der Waals surface area contributed by atoms with Gasteiger partial charge in [-0.2, -0.15) is 5.26 Å². The zero-order chi connectivity index (χ0) is 12.7. The summed E-state index contributed by atoms with van der Waals surface area (Å²) in [6, 6.07) is 6.43. The van der Waals surface area contributed by atoms with Gasteiger partial charge in [-0.05, 0) is 18.2 Å². The van der Waals surface area contributed by atoms with Crippen molar-refractivity contribution in [1.29, 1.82) is 5.26 Å². The molecule has 0 fully saturated rings. The van der Waals surface area contributed by atoms with E-state index in [-0.39, 0.29) is 5.82 Å². The second kappa shape index (κ2) is 6.71. The summed E-state index contributed by atoms with van der Waals surface area (Å²) in [5.74, 6) is -0.376. The van der Waals surface area contributed by atoms with E-state index < -0.39 is 0 Å². The Morgan fingerprint density at radius 1 is 1.41 bits per heavy atom. The van der Waals surface area contributed by atoms with Crippen molar-refractivity contribution in [2.24, 2.45) is 0 Å². The van der Waals surface area contributed by atoms with Gasteiger partial charge in [-0.3, -0.25) is 0 Å². The molecule has 1 aromatic rings. The Morgan fingerprint density at radius 3 is 2.76 bits per heavy atom. The Bertz CT molecular complexity index is 383. The van der Waals surface area contributed by atoms with Crippen LogP contribution >= 0.6 is 0 Å². The third kappa shape index (κ3) is 4.29. The number of nitrogens with two attached hydrogens (primary N) is 1. The summed E-state index contributed by atoms with van der Waals surface area (Å²) in [6.07, 6.45) is 0.375. The standard InChI is InChI=1S/C12H16FN3O/c1-17-6-5-16(4-2-3-14)12-8-10(13)7-11(15)9-12/h7-9H,2,4-6,15H2,1H3. The number of nitrogens with zero attached hydrogens (tertiary/aromatic N) is 2. The molecule has 0 heterocycles. The highest BCUT2D eigenvalue weighted by Gasteiger charge is 2.08. The Labute approximate surface area is 100 Å². The van der Waals surface area contributed by atoms with Crippen molar-refractivity contribution >= 4 is 11.4 Å². The molecule has 0 saturated carbocycles. The molecule has 92 valence electrons. The number of hydrogen-bond acceptors (Lipinski definition) is 4. The van der Waals surface area contributed by atoms with Crippen LogP contribution in [-0.4, -0.2) is 26.8 Å². The molecule has 4 nitrogen and oxygen atoms in total. The van der Waals surface area contributed by atoms with Crippen LogP contribution in [0.25, 0.3) is 0 Å². The van der Waals surface area contributed by atoms with Crippen LogP contribution in [0.2, 0.25) is 0 Å². The van der Waals surface area contributed by atoms with Crippen molar-refractivity contribution in [2.45, 2.75) is 6.42 Å². The van der Waals surface area contributed by atoms with Crippen molar-refractivity contribution < 1.29 is 9.13 Å². The number of anilines is 2. The van der Waals surface area contributed by atoms with Crippen molar-refractivity contribution in [2.75, 3.05) is 37.4 Å². The highest BCUT2D eigenvalue weighted by atomic mass is 19.1. The minimum Gasteiger partial charge on any atom is -0.399 e. The number of methoxy groups -OCH3 is 1. The maximum absolute atomic E-state index is 13.2. The summed E-state index contributed by atoms with van der Waals surface area (Å²) < 4.78 is 18.2. The predicted molar refractivity (Wildman–Crippen MR) is 65.1 cm³/mol. The lowest BCUT2D eigenvalue weighted by Crippen LogP contribution is -2.28. The molecule has 1 aromatic carbocycles. The number of nitrogen functional groups attached to an aromatic ring is 1. The molecule has 0 aliphatic carbocycles.